The Balaban J connectivity index is 1.83. The van der Waals surface area contributed by atoms with Gasteiger partial charge in [0.1, 0.15) is 0 Å². The van der Waals surface area contributed by atoms with Crippen LogP contribution in [0.2, 0.25) is 10.0 Å². The molecule has 4 aromatic rings. The highest BCUT2D eigenvalue weighted by Gasteiger charge is 2.12. The number of aliphatic imine (C=N–C) groups is 1. The molecule has 6 heteroatoms. The van der Waals surface area contributed by atoms with Gasteiger partial charge in [0, 0.05) is 17.0 Å². The highest BCUT2D eigenvalue weighted by molar-refractivity contribution is 6.34. The maximum absolute atomic E-state index is 11.7. The van der Waals surface area contributed by atoms with E-state index in [1.807, 2.05) is 42.5 Å². The predicted molar refractivity (Wildman–Crippen MR) is 120 cm³/mol. The molecule has 0 bridgehead atoms. The minimum atomic E-state index is -0.573. The number of fused-ring (bicyclic) bond motifs is 1. The van der Waals surface area contributed by atoms with Gasteiger partial charge in [-0.2, -0.15) is 0 Å². The summed E-state index contributed by atoms with van der Waals surface area (Å²) in [5.41, 5.74) is 9.12. The molecule has 4 rings (SSSR count). The monoisotopic (exact) mass is 421 g/mol. The highest BCUT2D eigenvalue weighted by atomic mass is 35.5. The van der Waals surface area contributed by atoms with E-state index in [2.05, 4.69) is 21.7 Å². The molecule has 144 valence electrons. The number of halogens is 2. The van der Waals surface area contributed by atoms with Crippen molar-refractivity contribution in [2.75, 3.05) is 0 Å². The summed E-state index contributed by atoms with van der Waals surface area (Å²) in [5, 5.41) is 2.07. The fraction of sp³-hybridized carbons (Fsp3) is 0.0435. The lowest BCUT2D eigenvalue weighted by atomic mass is 10.1. The summed E-state index contributed by atoms with van der Waals surface area (Å²) in [5.74, 6) is -0.573. The summed E-state index contributed by atoms with van der Waals surface area (Å²) in [4.78, 5) is 16.2. The minimum absolute atomic E-state index is 0.280. The molecule has 1 heterocycles. The van der Waals surface area contributed by atoms with Crippen LogP contribution in [0.5, 0.6) is 0 Å². The topological polar surface area (TPSA) is 60.4 Å². The molecule has 0 saturated carbocycles. The average molecular weight is 422 g/mol. The van der Waals surface area contributed by atoms with E-state index in [1.165, 1.54) is 0 Å². The molecule has 0 saturated heterocycles. The average Bonchev–Trinajstić information content (AvgIpc) is 3.04. The van der Waals surface area contributed by atoms with Crippen LogP contribution in [0.25, 0.3) is 10.9 Å². The zero-order valence-corrected chi connectivity index (χ0v) is 16.9. The molecule has 0 aliphatic carbocycles. The first-order chi connectivity index (χ1) is 14.0. The molecule has 0 unspecified atom stereocenters. The molecular formula is C23H17Cl2N3O. The Morgan fingerprint density at radius 2 is 1.79 bits per heavy atom. The lowest BCUT2D eigenvalue weighted by molar-refractivity contribution is 0.100. The van der Waals surface area contributed by atoms with Gasteiger partial charge < -0.3 is 10.3 Å². The third-order valence-corrected chi connectivity index (χ3v) is 5.20. The van der Waals surface area contributed by atoms with Crippen molar-refractivity contribution in [2.45, 2.75) is 6.54 Å². The second-order valence-corrected chi connectivity index (χ2v) is 7.45. The molecule has 0 aliphatic rings. The molecule has 0 fully saturated rings. The van der Waals surface area contributed by atoms with Gasteiger partial charge in [0.15, 0.2) is 0 Å². The van der Waals surface area contributed by atoms with Gasteiger partial charge in [0.2, 0.25) is 0 Å². The van der Waals surface area contributed by atoms with Crippen molar-refractivity contribution < 1.29 is 4.79 Å². The largest absolute Gasteiger partial charge is 0.366 e. The molecule has 1 amide bonds. The van der Waals surface area contributed by atoms with Crippen LogP contribution in [0.1, 0.15) is 21.6 Å². The smallest absolute Gasteiger partial charge is 0.250 e. The molecular weight excluding hydrogens is 405 g/mol. The van der Waals surface area contributed by atoms with E-state index in [4.69, 9.17) is 28.9 Å². The summed E-state index contributed by atoms with van der Waals surface area (Å²) >= 11 is 12.5. The number of nitrogens with two attached hydrogens (primary N) is 1. The van der Waals surface area contributed by atoms with Crippen LogP contribution >= 0.6 is 23.2 Å². The van der Waals surface area contributed by atoms with Crippen LogP contribution in [0.4, 0.5) is 5.69 Å². The number of para-hydroxylation sites is 1. The number of rotatable bonds is 5. The Morgan fingerprint density at radius 3 is 2.55 bits per heavy atom. The summed E-state index contributed by atoms with van der Waals surface area (Å²) in [6.07, 6.45) is 1.70. The van der Waals surface area contributed by atoms with Gasteiger partial charge in [-0.3, -0.25) is 9.79 Å². The van der Waals surface area contributed by atoms with Crippen molar-refractivity contribution >= 4 is 51.9 Å². The van der Waals surface area contributed by atoms with Crippen LogP contribution in [-0.4, -0.2) is 16.7 Å². The van der Waals surface area contributed by atoms with E-state index in [-0.39, 0.29) is 5.56 Å². The number of amides is 1. The number of carbonyl (C=O) groups is 1. The molecule has 1 aromatic heterocycles. The van der Waals surface area contributed by atoms with E-state index < -0.39 is 5.91 Å². The first kappa shape index (κ1) is 19.2. The van der Waals surface area contributed by atoms with Crippen molar-refractivity contribution in [3.05, 3.63) is 99.7 Å². The number of carbonyl (C=O) groups excluding carboxylic acids is 1. The lowest BCUT2D eigenvalue weighted by Crippen LogP contribution is -2.11. The lowest BCUT2D eigenvalue weighted by Gasteiger charge is -2.09. The van der Waals surface area contributed by atoms with Gasteiger partial charge >= 0.3 is 0 Å². The van der Waals surface area contributed by atoms with Gasteiger partial charge in [0.05, 0.1) is 33.7 Å². The fourth-order valence-corrected chi connectivity index (χ4v) is 3.66. The minimum Gasteiger partial charge on any atom is -0.366 e. The van der Waals surface area contributed by atoms with Crippen molar-refractivity contribution in [1.29, 1.82) is 0 Å². The summed E-state index contributed by atoms with van der Waals surface area (Å²) in [6, 6.07) is 22.9. The van der Waals surface area contributed by atoms with Crippen molar-refractivity contribution in [2.24, 2.45) is 10.7 Å². The van der Waals surface area contributed by atoms with Gasteiger partial charge in [-0.15, -0.1) is 0 Å². The zero-order valence-electron chi connectivity index (χ0n) is 15.3. The quantitative estimate of drug-likeness (QED) is 0.403. The number of aromatic nitrogens is 1. The van der Waals surface area contributed by atoms with E-state index in [1.54, 1.807) is 24.4 Å². The molecule has 4 nitrogen and oxygen atoms in total. The van der Waals surface area contributed by atoms with E-state index in [0.717, 1.165) is 22.2 Å². The molecule has 2 N–H and O–H groups in total. The predicted octanol–water partition coefficient (Wildman–Crippen LogP) is 5.85. The Morgan fingerprint density at radius 1 is 1.00 bits per heavy atom. The Hall–Kier alpha value is -3.08. The first-order valence-corrected chi connectivity index (χ1v) is 9.73. The van der Waals surface area contributed by atoms with Crippen LogP contribution < -0.4 is 5.73 Å². The molecule has 29 heavy (non-hydrogen) atoms. The second kappa shape index (κ2) is 8.11. The van der Waals surface area contributed by atoms with Crippen LogP contribution in [0.3, 0.4) is 0 Å². The van der Waals surface area contributed by atoms with Gasteiger partial charge in [-0.25, -0.2) is 0 Å². The third kappa shape index (κ3) is 4.04. The molecule has 0 aliphatic heterocycles. The SMILES string of the molecule is NC(=O)c1cccc(Cl)c1N=Cc1cc2ccc(Cl)cc2n1Cc1ccccc1. The highest BCUT2D eigenvalue weighted by Crippen LogP contribution is 2.29. The second-order valence-electron chi connectivity index (χ2n) is 6.60. The summed E-state index contributed by atoms with van der Waals surface area (Å²) < 4.78 is 2.13. The molecule has 0 atom stereocenters. The van der Waals surface area contributed by atoms with Crippen LogP contribution in [-0.2, 0) is 6.54 Å². The van der Waals surface area contributed by atoms with Crippen LogP contribution in [0, 0.1) is 0 Å². The van der Waals surface area contributed by atoms with Crippen molar-refractivity contribution in [3.8, 4) is 0 Å². The Bertz CT molecular complexity index is 1230. The fourth-order valence-electron chi connectivity index (χ4n) is 3.27. The standard InChI is InChI=1S/C23H17Cl2N3O/c24-17-10-9-16-11-18(13-27-22-19(23(26)29)7-4-8-20(22)25)28(21(16)12-17)14-15-5-2-1-3-6-15/h1-13H,14H2,(H2,26,29). The third-order valence-electron chi connectivity index (χ3n) is 4.66. The van der Waals surface area contributed by atoms with E-state index in [9.17, 15) is 4.79 Å². The van der Waals surface area contributed by atoms with Gasteiger partial charge in [-0.05, 0) is 35.9 Å². The first-order valence-electron chi connectivity index (χ1n) is 8.98. The maximum Gasteiger partial charge on any atom is 0.250 e. The molecule has 0 spiro atoms. The Kier molecular flexibility index (Phi) is 5.38. The van der Waals surface area contributed by atoms with Gasteiger partial charge in [0.25, 0.3) is 5.91 Å². The van der Waals surface area contributed by atoms with E-state index >= 15 is 0 Å². The number of nitrogens with zero attached hydrogens (tertiary/aromatic N) is 2. The maximum atomic E-state index is 11.7. The number of hydrogen-bond acceptors (Lipinski definition) is 2. The van der Waals surface area contributed by atoms with Gasteiger partial charge in [-0.1, -0.05) is 65.7 Å². The van der Waals surface area contributed by atoms with Crippen molar-refractivity contribution in [1.82, 2.24) is 4.57 Å². The number of benzene rings is 3. The number of hydrogen-bond donors (Lipinski definition) is 1. The summed E-state index contributed by atoms with van der Waals surface area (Å²) in [7, 11) is 0. The summed E-state index contributed by atoms with van der Waals surface area (Å²) in [6.45, 7) is 0.650. The molecule has 3 aromatic carbocycles. The van der Waals surface area contributed by atoms with E-state index in [0.29, 0.717) is 22.3 Å². The van der Waals surface area contributed by atoms with Crippen molar-refractivity contribution in [3.63, 3.8) is 0 Å². The molecule has 0 radical (unpaired) electrons. The normalized spacial score (nSPS) is 11.4. The Labute approximate surface area is 178 Å². The van der Waals surface area contributed by atoms with Crippen LogP contribution in [0.15, 0.2) is 77.8 Å². The zero-order chi connectivity index (χ0) is 20.4. The number of primary amides is 1.